The standard InChI is InChI=1S/C40H36N2O9/c1-3-26-19-21-27(22-20-26)23-31-24-41-40(46-2)42-35(31)51-39-34(50-38(45)30-17-11-6-12-18-30)33(49-37(44)29-15-9-5-10-16-29)32(25-47-39)48-36(43)28-13-7-4-8-14-28/h4-22,24,32-34,39H,3,23,25H2,1-2H3/t32-,33-,34+,39-/m0/s1. The summed E-state index contributed by atoms with van der Waals surface area (Å²) in [5, 5.41) is 0. The molecule has 4 atom stereocenters. The fourth-order valence-electron chi connectivity index (χ4n) is 5.45. The molecule has 1 saturated heterocycles. The lowest BCUT2D eigenvalue weighted by Gasteiger charge is -2.40. The highest BCUT2D eigenvalue weighted by molar-refractivity contribution is 5.91. The first-order valence-corrected chi connectivity index (χ1v) is 16.5. The van der Waals surface area contributed by atoms with Crippen molar-refractivity contribution in [2.75, 3.05) is 13.7 Å². The molecule has 0 N–H and O–H groups in total. The number of benzene rings is 4. The van der Waals surface area contributed by atoms with Gasteiger partial charge in [-0.25, -0.2) is 19.4 Å². The number of nitrogens with zero attached hydrogens (tertiary/aromatic N) is 2. The molecule has 11 heteroatoms. The van der Waals surface area contributed by atoms with Crippen LogP contribution in [0.25, 0.3) is 0 Å². The third-order valence-electron chi connectivity index (χ3n) is 8.20. The molecule has 0 bridgehead atoms. The van der Waals surface area contributed by atoms with E-state index in [0.29, 0.717) is 12.0 Å². The Balaban J connectivity index is 1.36. The average Bonchev–Trinajstić information content (AvgIpc) is 3.18. The van der Waals surface area contributed by atoms with E-state index in [1.807, 2.05) is 24.3 Å². The number of rotatable bonds is 12. The summed E-state index contributed by atoms with van der Waals surface area (Å²) < 4.78 is 35.8. The smallest absolute Gasteiger partial charge is 0.338 e. The van der Waals surface area contributed by atoms with E-state index in [-0.39, 0.29) is 35.2 Å². The van der Waals surface area contributed by atoms with Crippen molar-refractivity contribution in [3.63, 3.8) is 0 Å². The second-order valence-corrected chi connectivity index (χ2v) is 11.6. The van der Waals surface area contributed by atoms with Crippen molar-refractivity contribution in [2.24, 2.45) is 0 Å². The first-order chi connectivity index (χ1) is 24.9. The molecule has 0 amide bonds. The minimum absolute atomic E-state index is 0.0328. The van der Waals surface area contributed by atoms with Gasteiger partial charge < -0.3 is 28.4 Å². The Morgan fingerprint density at radius 1 is 0.686 bits per heavy atom. The zero-order valence-electron chi connectivity index (χ0n) is 28.0. The highest BCUT2D eigenvalue weighted by atomic mass is 16.7. The van der Waals surface area contributed by atoms with Gasteiger partial charge in [0, 0.05) is 18.2 Å². The van der Waals surface area contributed by atoms with Gasteiger partial charge in [0.05, 0.1) is 30.4 Å². The van der Waals surface area contributed by atoms with E-state index < -0.39 is 42.5 Å². The van der Waals surface area contributed by atoms with Gasteiger partial charge in [-0.15, -0.1) is 0 Å². The minimum atomic E-state index is -1.44. The Hall–Kier alpha value is -6.07. The number of methoxy groups -OCH3 is 1. The second kappa shape index (κ2) is 16.6. The predicted molar refractivity (Wildman–Crippen MR) is 185 cm³/mol. The van der Waals surface area contributed by atoms with Crippen LogP contribution in [0, 0.1) is 0 Å². The minimum Gasteiger partial charge on any atom is -0.467 e. The molecule has 1 aromatic heterocycles. The number of esters is 3. The van der Waals surface area contributed by atoms with Gasteiger partial charge in [0.25, 0.3) is 0 Å². The lowest BCUT2D eigenvalue weighted by molar-refractivity contribution is -0.242. The van der Waals surface area contributed by atoms with E-state index in [1.165, 1.54) is 12.7 Å². The summed E-state index contributed by atoms with van der Waals surface area (Å²) in [5.74, 6) is -2.07. The Labute approximate surface area is 295 Å². The lowest BCUT2D eigenvalue weighted by atomic mass is 10.0. The molecule has 51 heavy (non-hydrogen) atoms. The summed E-state index contributed by atoms with van der Waals surface area (Å²) in [6, 6.07) is 33.1. The first kappa shape index (κ1) is 34.8. The topological polar surface area (TPSA) is 132 Å². The molecule has 4 aromatic carbocycles. The van der Waals surface area contributed by atoms with E-state index in [1.54, 1.807) is 97.2 Å². The van der Waals surface area contributed by atoms with Crippen LogP contribution < -0.4 is 9.47 Å². The molecule has 1 aliphatic rings. The predicted octanol–water partition coefficient (Wildman–Crippen LogP) is 6.05. The fourth-order valence-corrected chi connectivity index (χ4v) is 5.45. The fraction of sp³-hybridized carbons (Fsp3) is 0.225. The van der Waals surface area contributed by atoms with Crippen molar-refractivity contribution >= 4 is 17.9 Å². The molecule has 11 nitrogen and oxygen atoms in total. The van der Waals surface area contributed by atoms with E-state index >= 15 is 0 Å². The van der Waals surface area contributed by atoms with Gasteiger partial charge >= 0.3 is 23.9 Å². The van der Waals surface area contributed by atoms with Crippen LogP contribution in [0.5, 0.6) is 11.9 Å². The van der Waals surface area contributed by atoms with Gasteiger partial charge in [-0.3, -0.25) is 0 Å². The molecule has 2 heterocycles. The van der Waals surface area contributed by atoms with E-state index in [2.05, 4.69) is 16.9 Å². The largest absolute Gasteiger partial charge is 0.467 e. The van der Waals surface area contributed by atoms with Gasteiger partial charge in [-0.1, -0.05) is 85.8 Å². The highest BCUT2D eigenvalue weighted by Gasteiger charge is 2.49. The second-order valence-electron chi connectivity index (χ2n) is 11.6. The SMILES string of the molecule is CCc1ccc(Cc2cnc(OC)nc2O[C@@H]2OC[C@H](OC(=O)c3ccccc3)[C@H](OC(=O)c3ccccc3)[C@H]2OC(=O)c2ccccc2)cc1. The highest BCUT2D eigenvalue weighted by Crippen LogP contribution is 2.30. The van der Waals surface area contributed by atoms with Gasteiger partial charge in [0.15, 0.2) is 12.2 Å². The molecule has 0 aliphatic carbocycles. The third kappa shape index (κ3) is 8.75. The Morgan fingerprint density at radius 2 is 1.20 bits per heavy atom. The molecule has 1 fully saturated rings. The maximum absolute atomic E-state index is 13.6. The molecular weight excluding hydrogens is 652 g/mol. The van der Waals surface area contributed by atoms with Crippen LogP contribution in [0.2, 0.25) is 0 Å². The summed E-state index contributed by atoms with van der Waals surface area (Å²) in [6.07, 6.45) is -2.50. The van der Waals surface area contributed by atoms with E-state index in [4.69, 9.17) is 28.4 Å². The van der Waals surface area contributed by atoms with Crippen molar-refractivity contribution in [1.82, 2.24) is 9.97 Å². The van der Waals surface area contributed by atoms with E-state index in [0.717, 1.165) is 12.0 Å². The molecule has 0 saturated carbocycles. The van der Waals surface area contributed by atoms with Gasteiger partial charge in [0.2, 0.25) is 18.3 Å². The maximum Gasteiger partial charge on any atom is 0.338 e. The Bertz CT molecular complexity index is 1920. The van der Waals surface area contributed by atoms with Crippen LogP contribution in [-0.2, 0) is 31.8 Å². The Kier molecular flexibility index (Phi) is 11.3. The molecule has 0 radical (unpaired) electrons. The van der Waals surface area contributed by atoms with Gasteiger partial charge in [-0.2, -0.15) is 4.98 Å². The van der Waals surface area contributed by atoms with E-state index in [9.17, 15) is 14.4 Å². The van der Waals surface area contributed by atoms with Crippen molar-refractivity contribution in [3.05, 3.63) is 155 Å². The monoisotopic (exact) mass is 688 g/mol. The van der Waals surface area contributed by atoms with Crippen molar-refractivity contribution in [3.8, 4) is 11.9 Å². The number of aryl methyl sites for hydroxylation is 1. The van der Waals surface area contributed by atoms with Crippen LogP contribution in [0.15, 0.2) is 121 Å². The molecule has 1 aliphatic heterocycles. The van der Waals surface area contributed by atoms with Gasteiger partial charge in [0.1, 0.15) is 0 Å². The third-order valence-corrected chi connectivity index (χ3v) is 8.20. The van der Waals surface area contributed by atoms with Crippen LogP contribution in [0.4, 0.5) is 0 Å². The normalized spacial score (nSPS) is 18.2. The quantitative estimate of drug-likeness (QED) is 0.112. The molecule has 0 spiro atoms. The number of ether oxygens (including phenoxy) is 6. The number of carbonyl (C=O) groups excluding carboxylic acids is 3. The Morgan fingerprint density at radius 3 is 1.73 bits per heavy atom. The van der Waals surface area contributed by atoms with Crippen molar-refractivity contribution in [2.45, 2.75) is 44.4 Å². The summed E-state index contributed by atoms with van der Waals surface area (Å²) in [6.45, 7) is 1.81. The number of hydrogen-bond acceptors (Lipinski definition) is 11. The molecular formula is C40H36N2O9. The van der Waals surface area contributed by atoms with Gasteiger partial charge in [-0.05, 0) is 53.9 Å². The maximum atomic E-state index is 13.6. The molecule has 0 unspecified atom stereocenters. The first-order valence-electron chi connectivity index (χ1n) is 16.5. The molecule has 260 valence electrons. The zero-order valence-corrected chi connectivity index (χ0v) is 28.0. The number of hydrogen-bond donors (Lipinski definition) is 0. The summed E-state index contributed by atoms with van der Waals surface area (Å²) in [4.78, 5) is 49.2. The summed E-state index contributed by atoms with van der Waals surface area (Å²) in [5.41, 5.74) is 3.50. The average molecular weight is 689 g/mol. The zero-order chi connectivity index (χ0) is 35.6. The van der Waals surface area contributed by atoms with Crippen molar-refractivity contribution < 1.29 is 42.8 Å². The number of carbonyl (C=O) groups is 3. The summed E-state index contributed by atoms with van der Waals surface area (Å²) >= 11 is 0. The number of aromatic nitrogens is 2. The van der Waals surface area contributed by atoms with Crippen LogP contribution in [0.3, 0.4) is 0 Å². The molecule has 5 aromatic rings. The van der Waals surface area contributed by atoms with Crippen LogP contribution in [0.1, 0.15) is 54.7 Å². The summed E-state index contributed by atoms with van der Waals surface area (Å²) in [7, 11) is 1.43. The molecule has 6 rings (SSSR count). The van der Waals surface area contributed by atoms with Crippen LogP contribution >= 0.6 is 0 Å². The lowest BCUT2D eigenvalue weighted by Crippen LogP contribution is -2.59. The van der Waals surface area contributed by atoms with Crippen molar-refractivity contribution in [1.29, 1.82) is 0 Å². The van der Waals surface area contributed by atoms with Crippen LogP contribution in [-0.4, -0.2) is 66.2 Å².